The van der Waals surface area contributed by atoms with Gasteiger partial charge in [0.05, 0.1) is 18.4 Å². The zero-order valence-corrected chi connectivity index (χ0v) is 10.3. The first-order valence-corrected chi connectivity index (χ1v) is 5.52. The number of pyridine rings is 1. The van der Waals surface area contributed by atoms with E-state index in [2.05, 4.69) is 4.98 Å². The van der Waals surface area contributed by atoms with Crippen LogP contribution in [0.3, 0.4) is 0 Å². The number of aromatic nitrogens is 1. The van der Waals surface area contributed by atoms with E-state index in [-0.39, 0.29) is 5.69 Å². The van der Waals surface area contributed by atoms with Crippen LogP contribution in [0, 0.1) is 6.92 Å². The Labute approximate surface area is 105 Å². The van der Waals surface area contributed by atoms with Crippen LogP contribution in [-0.2, 0) is 6.54 Å². The predicted octanol–water partition coefficient (Wildman–Crippen LogP) is 2.32. The molecule has 0 atom stereocenters. The zero-order valence-electron chi connectivity index (χ0n) is 10.3. The number of carboxylic acids is 1. The van der Waals surface area contributed by atoms with Gasteiger partial charge in [-0.3, -0.25) is 0 Å². The Bertz CT molecular complexity index is 546. The molecule has 0 aliphatic rings. The van der Waals surface area contributed by atoms with Gasteiger partial charge in [-0.05, 0) is 31.2 Å². The highest BCUT2D eigenvalue weighted by Gasteiger charge is 2.08. The van der Waals surface area contributed by atoms with E-state index in [9.17, 15) is 4.79 Å². The Morgan fingerprint density at radius 1 is 1.39 bits per heavy atom. The molecule has 0 aliphatic carbocycles. The lowest BCUT2D eigenvalue weighted by Crippen LogP contribution is -2.16. The minimum Gasteiger partial charge on any atom is -0.477 e. The molecular formula is C13H14N2O3. The van der Waals surface area contributed by atoms with E-state index in [0.29, 0.717) is 6.54 Å². The van der Waals surface area contributed by atoms with Crippen molar-refractivity contribution in [3.8, 4) is 0 Å². The summed E-state index contributed by atoms with van der Waals surface area (Å²) in [4.78, 5) is 16.5. The summed E-state index contributed by atoms with van der Waals surface area (Å²) in [5.74, 6) is 0.709. The van der Waals surface area contributed by atoms with E-state index < -0.39 is 5.97 Å². The third-order valence-electron chi connectivity index (χ3n) is 2.60. The van der Waals surface area contributed by atoms with E-state index in [4.69, 9.17) is 9.52 Å². The molecule has 1 N–H and O–H groups in total. The summed E-state index contributed by atoms with van der Waals surface area (Å²) in [7, 11) is 1.90. The summed E-state index contributed by atoms with van der Waals surface area (Å²) in [6, 6.07) is 7.05. The summed E-state index contributed by atoms with van der Waals surface area (Å²) in [6.45, 7) is 2.51. The molecule has 0 radical (unpaired) electrons. The summed E-state index contributed by atoms with van der Waals surface area (Å²) in [5.41, 5.74) is 0.884. The molecule has 94 valence electrons. The van der Waals surface area contributed by atoms with Crippen molar-refractivity contribution in [2.45, 2.75) is 13.5 Å². The quantitative estimate of drug-likeness (QED) is 0.896. The zero-order chi connectivity index (χ0) is 13.1. The van der Waals surface area contributed by atoms with Crippen molar-refractivity contribution in [1.82, 2.24) is 4.98 Å². The molecule has 0 aromatic carbocycles. The van der Waals surface area contributed by atoms with Gasteiger partial charge >= 0.3 is 5.97 Å². The molecule has 18 heavy (non-hydrogen) atoms. The summed E-state index contributed by atoms with van der Waals surface area (Å²) in [6.07, 6.45) is 1.54. The predicted molar refractivity (Wildman–Crippen MR) is 66.7 cm³/mol. The van der Waals surface area contributed by atoms with E-state index in [1.165, 1.54) is 6.07 Å². The summed E-state index contributed by atoms with van der Waals surface area (Å²) < 4.78 is 5.48. The largest absolute Gasteiger partial charge is 0.477 e. The highest BCUT2D eigenvalue weighted by Crippen LogP contribution is 2.16. The second-order valence-corrected chi connectivity index (χ2v) is 4.08. The van der Waals surface area contributed by atoms with E-state index >= 15 is 0 Å². The fourth-order valence-corrected chi connectivity index (χ4v) is 1.63. The minimum atomic E-state index is -1.02. The molecule has 0 amide bonds. The van der Waals surface area contributed by atoms with Crippen LogP contribution < -0.4 is 4.90 Å². The van der Waals surface area contributed by atoms with Crippen LogP contribution in [0.2, 0.25) is 0 Å². The van der Waals surface area contributed by atoms with Crippen molar-refractivity contribution in [3.63, 3.8) is 0 Å². The highest BCUT2D eigenvalue weighted by atomic mass is 16.4. The van der Waals surface area contributed by atoms with Crippen LogP contribution >= 0.6 is 0 Å². The first kappa shape index (κ1) is 12.2. The van der Waals surface area contributed by atoms with Crippen molar-refractivity contribution < 1.29 is 14.3 Å². The number of rotatable bonds is 4. The SMILES string of the molecule is Cc1ccc(CN(C)c2ccc(C(=O)O)nc2)o1. The number of nitrogens with zero attached hydrogens (tertiary/aromatic N) is 2. The number of hydrogen-bond donors (Lipinski definition) is 1. The minimum absolute atomic E-state index is 0.0426. The van der Waals surface area contributed by atoms with Crippen LogP contribution in [0.4, 0.5) is 5.69 Å². The van der Waals surface area contributed by atoms with E-state index in [0.717, 1.165) is 17.2 Å². The first-order valence-electron chi connectivity index (χ1n) is 5.52. The molecule has 0 saturated heterocycles. The third-order valence-corrected chi connectivity index (χ3v) is 2.60. The molecule has 2 rings (SSSR count). The molecule has 5 nitrogen and oxygen atoms in total. The molecule has 0 fully saturated rings. The Balaban J connectivity index is 2.09. The van der Waals surface area contributed by atoms with Crippen molar-refractivity contribution in [2.24, 2.45) is 0 Å². The fourth-order valence-electron chi connectivity index (χ4n) is 1.63. The monoisotopic (exact) mass is 246 g/mol. The maximum Gasteiger partial charge on any atom is 0.354 e. The second-order valence-electron chi connectivity index (χ2n) is 4.08. The van der Waals surface area contributed by atoms with Gasteiger partial charge in [-0.1, -0.05) is 0 Å². The topological polar surface area (TPSA) is 66.6 Å². The maximum absolute atomic E-state index is 10.7. The number of anilines is 1. The third kappa shape index (κ3) is 2.68. The molecule has 2 aromatic rings. The van der Waals surface area contributed by atoms with Gasteiger partial charge in [0, 0.05) is 7.05 Å². The number of carboxylic acid groups (broad SMARTS) is 1. The Morgan fingerprint density at radius 3 is 2.67 bits per heavy atom. The van der Waals surface area contributed by atoms with E-state index in [1.54, 1.807) is 12.3 Å². The van der Waals surface area contributed by atoms with Gasteiger partial charge in [0.2, 0.25) is 0 Å². The van der Waals surface area contributed by atoms with Gasteiger partial charge in [-0.25, -0.2) is 9.78 Å². The van der Waals surface area contributed by atoms with Crippen LogP contribution in [0.15, 0.2) is 34.9 Å². The molecule has 0 unspecified atom stereocenters. The van der Waals surface area contributed by atoms with Crippen LogP contribution in [0.1, 0.15) is 22.0 Å². The van der Waals surface area contributed by atoms with Crippen LogP contribution in [0.5, 0.6) is 0 Å². The molecule has 2 aromatic heterocycles. The lowest BCUT2D eigenvalue weighted by atomic mass is 10.3. The van der Waals surface area contributed by atoms with Gasteiger partial charge in [0.15, 0.2) is 0 Å². The summed E-state index contributed by atoms with van der Waals surface area (Å²) >= 11 is 0. The fraction of sp³-hybridized carbons (Fsp3) is 0.231. The first-order chi connectivity index (χ1) is 8.56. The average molecular weight is 246 g/mol. The van der Waals surface area contributed by atoms with Gasteiger partial charge in [-0.15, -0.1) is 0 Å². The number of aryl methyl sites for hydroxylation is 1. The Hall–Kier alpha value is -2.30. The van der Waals surface area contributed by atoms with Gasteiger partial charge in [0.25, 0.3) is 0 Å². The van der Waals surface area contributed by atoms with Crippen molar-refractivity contribution in [3.05, 3.63) is 47.7 Å². The summed E-state index contributed by atoms with van der Waals surface area (Å²) in [5, 5.41) is 8.76. The molecule has 0 saturated carbocycles. The molecule has 0 aliphatic heterocycles. The van der Waals surface area contributed by atoms with Crippen LogP contribution in [0.25, 0.3) is 0 Å². The van der Waals surface area contributed by atoms with E-state index in [1.807, 2.05) is 31.0 Å². The normalized spacial score (nSPS) is 10.3. The number of hydrogen-bond acceptors (Lipinski definition) is 4. The molecule has 0 bridgehead atoms. The molecule has 5 heteroatoms. The lowest BCUT2D eigenvalue weighted by molar-refractivity contribution is 0.0690. The Kier molecular flexibility index (Phi) is 3.32. The number of carbonyl (C=O) groups is 1. The average Bonchev–Trinajstić information content (AvgIpc) is 2.75. The maximum atomic E-state index is 10.7. The van der Waals surface area contributed by atoms with Crippen molar-refractivity contribution >= 4 is 11.7 Å². The van der Waals surface area contributed by atoms with Crippen LogP contribution in [-0.4, -0.2) is 23.1 Å². The highest BCUT2D eigenvalue weighted by molar-refractivity contribution is 5.85. The van der Waals surface area contributed by atoms with Gasteiger partial charge in [0.1, 0.15) is 17.2 Å². The van der Waals surface area contributed by atoms with Crippen molar-refractivity contribution in [1.29, 1.82) is 0 Å². The van der Waals surface area contributed by atoms with Crippen molar-refractivity contribution in [2.75, 3.05) is 11.9 Å². The molecule has 0 spiro atoms. The van der Waals surface area contributed by atoms with Gasteiger partial charge in [-0.2, -0.15) is 0 Å². The number of furan rings is 1. The number of aromatic carboxylic acids is 1. The standard InChI is InChI=1S/C13H14N2O3/c1-9-3-5-11(18-9)8-15(2)10-4-6-12(13(16)17)14-7-10/h3-7H,8H2,1-2H3,(H,16,17). The second kappa shape index (κ2) is 4.91. The lowest BCUT2D eigenvalue weighted by Gasteiger charge is -2.17. The van der Waals surface area contributed by atoms with Gasteiger partial charge < -0.3 is 14.4 Å². The molecular weight excluding hydrogens is 232 g/mol. The Morgan fingerprint density at radius 2 is 2.17 bits per heavy atom. The smallest absolute Gasteiger partial charge is 0.354 e. The molecule has 2 heterocycles.